The standard InChI is InChI=1S/C12H15NO3/c1-2-15-12-9(11(13)14)7-8-5-3-4-6-10(8)16-12/h3-6,9,12H,2,7H2,1H3,(H2,13,14). The summed E-state index contributed by atoms with van der Waals surface area (Å²) in [6.45, 7) is 2.36. The molecule has 2 unspecified atom stereocenters. The van der Waals surface area contributed by atoms with Gasteiger partial charge in [0.1, 0.15) is 11.7 Å². The number of para-hydroxylation sites is 1. The van der Waals surface area contributed by atoms with Crippen molar-refractivity contribution in [2.45, 2.75) is 19.6 Å². The van der Waals surface area contributed by atoms with Crippen LogP contribution < -0.4 is 10.5 Å². The predicted octanol–water partition coefficient (Wildman–Crippen LogP) is 1.09. The molecule has 4 nitrogen and oxygen atoms in total. The maximum Gasteiger partial charge on any atom is 0.227 e. The summed E-state index contributed by atoms with van der Waals surface area (Å²) in [5, 5.41) is 0. The van der Waals surface area contributed by atoms with Crippen LogP contribution in [0.3, 0.4) is 0 Å². The summed E-state index contributed by atoms with van der Waals surface area (Å²) in [6.07, 6.45) is 0.0216. The highest BCUT2D eigenvalue weighted by Gasteiger charge is 2.34. The minimum absolute atomic E-state index is 0.382. The first-order valence-corrected chi connectivity index (χ1v) is 5.38. The molecule has 1 aliphatic rings. The number of carbonyl (C=O) groups is 1. The number of rotatable bonds is 3. The van der Waals surface area contributed by atoms with Crippen LogP contribution in [0.25, 0.3) is 0 Å². The monoisotopic (exact) mass is 221 g/mol. The molecule has 0 saturated heterocycles. The molecule has 1 heterocycles. The van der Waals surface area contributed by atoms with E-state index in [0.717, 1.165) is 11.3 Å². The van der Waals surface area contributed by atoms with Gasteiger partial charge in [-0.2, -0.15) is 0 Å². The molecular weight excluding hydrogens is 206 g/mol. The molecule has 4 heteroatoms. The topological polar surface area (TPSA) is 61.6 Å². The van der Waals surface area contributed by atoms with Crippen molar-refractivity contribution in [2.24, 2.45) is 11.7 Å². The summed E-state index contributed by atoms with van der Waals surface area (Å²) in [4.78, 5) is 11.3. The Labute approximate surface area is 94.3 Å². The lowest BCUT2D eigenvalue weighted by Crippen LogP contribution is -2.43. The van der Waals surface area contributed by atoms with Crippen molar-refractivity contribution in [3.8, 4) is 5.75 Å². The first kappa shape index (κ1) is 11.0. The summed E-state index contributed by atoms with van der Waals surface area (Å²) >= 11 is 0. The maximum absolute atomic E-state index is 11.3. The Balaban J connectivity index is 2.25. The number of ether oxygens (including phenoxy) is 2. The number of primary amides is 1. The fourth-order valence-electron chi connectivity index (χ4n) is 1.88. The van der Waals surface area contributed by atoms with Crippen molar-refractivity contribution in [1.82, 2.24) is 0 Å². The van der Waals surface area contributed by atoms with E-state index in [1.807, 2.05) is 31.2 Å². The van der Waals surface area contributed by atoms with Gasteiger partial charge in [0.2, 0.25) is 12.2 Å². The Morgan fingerprint density at radius 2 is 2.31 bits per heavy atom. The minimum atomic E-state index is -0.558. The quantitative estimate of drug-likeness (QED) is 0.831. The van der Waals surface area contributed by atoms with Crippen LogP contribution in [0, 0.1) is 5.92 Å². The first-order valence-electron chi connectivity index (χ1n) is 5.38. The van der Waals surface area contributed by atoms with Gasteiger partial charge in [-0.05, 0) is 25.0 Å². The molecule has 0 saturated carbocycles. The smallest absolute Gasteiger partial charge is 0.227 e. The summed E-state index contributed by atoms with van der Waals surface area (Å²) < 4.78 is 11.0. The van der Waals surface area contributed by atoms with Crippen molar-refractivity contribution < 1.29 is 14.3 Å². The van der Waals surface area contributed by atoms with E-state index >= 15 is 0 Å². The van der Waals surface area contributed by atoms with Crippen LogP contribution in [0.5, 0.6) is 5.75 Å². The van der Waals surface area contributed by atoms with Crippen LogP contribution >= 0.6 is 0 Å². The van der Waals surface area contributed by atoms with Crippen LogP contribution in [0.15, 0.2) is 24.3 Å². The van der Waals surface area contributed by atoms with E-state index in [4.69, 9.17) is 15.2 Å². The van der Waals surface area contributed by atoms with Gasteiger partial charge in [0.05, 0.1) is 0 Å². The lowest BCUT2D eigenvalue weighted by atomic mass is 9.95. The van der Waals surface area contributed by atoms with Crippen LogP contribution in [0.2, 0.25) is 0 Å². The number of nitrogens with two attached hydrogens (primary N) is 1. The fraction of sp³-hybridized carbons (Fsp3) is 0.417. The normalized spacial score (nSPS) is 23.3. The van der Waals surface area contributed by atoms with Gasteiger partial charge in [0.15, 0.2) is 0 Å². The second-order valence-corrected chi connectivity index (χ2v) is 3.76. The molecule has 2 rings (SSSR count). The first-order chi connectivity index (χ1) is 7.72. The van der Waals surface area contributed by atoms with Gasteiger partial charge in [0.25, 0.3) is 0 Å². The number of hydrogen-bond acceptors (Lipinski definition) is 3. The largest absolute Gasteiger partial charge is 0.464 e. The van der Waals surface area contributed by atoms with Crippen molar-refractivity contribution in [2.75, 3.05) is 6.61 Å². The second kappa shape index (κ2) is 4.53. The number of benzene rings is 1. The molecule has 16 heavy (non-hydrogen) atoms. The third kappa shape index (κ3) is 2.02. The molecular formula is C12H15NO3. The minimum Gasteiger partial charge on any atom is -0.464 e. The average molecular weight is 221 g/mol. The van der Waals surface area contributed by atoms with E-state index in [9.17, 15) is 4.79 Å². The van der Waals surface area contributed by atoms with Crippen molar-refractivity contribution >= 4 is 5.91 Å². The van der Waals surface area contributed by atoms with Crippen molar-refractivity contribution in [3.05, 3.63) is 29.8 Å². The predicted molar refractivity (Wildman–Crippen MR) is 58.9 cm³/mol. The van der Waals surface area contributed by atoms with Crippen molar-refractivity contribution in [3.63, 3.8) is 0 Å². The average Bonchev–Trinajstić information content (AvgIpc) is 2.28. The SMILES string of the molecule is CCOC1Oc2ccccc2CC1C(N)=O. The third-order valence-electron chi connectivity index (χ3n) is 2.68. The van der Waals surface area contributed by atoms with Gasteiger partial charge in [-0.15, -0.1) is 0 Å². The molecule has 0 bridgehead atoms. The fourth-order valence-corrected chi connectivity index (χ4v) is 1.88. The molecule has 2 atom stereocenters. The molecule has 1 aliphatic heterocycles. The Morgan fingerprint density at radius 3 is 3.00 bits per heavy atom. The number of amides is 1. The summed E-state index contributed by atoms with van der Waals surface area (Å²) in [5.74, 6) is -0.0127. The van der Waals surface area contributed by atoms with Crippen LogP contribution in [-0.2, 0) is 16.0 Å². The Morgan fingerprint density at radius 1 is 1.56 bits per heavy atom. The van der Waals surface area contributed by atoms with E-state index in [-0.39, 0.29) is 5.91 Å². The Kier molecular flexibility index (Phi) is 3.10. The van der Waals surface area contributed by atoms with Crippen molar-refractivity contribution in [1.29, 1.82) is 0 Å². The zero-order valence-corrected chi connectivity index (χ0v) is 9.18. The number of fused-ring (bicyclic) bond motifs is 1. The van der Waals surface area contributed by atoms with Gasteiger partial charge in [0, 0.05) is 6.61 Å². The molecule has 1 aromatic carbocycles. The van der Waals surface area contributed by atoms with E-state index in [1.165, 1.54) is 0 Å². The van der Waals surface area contributed by atoms with Gasteiger partial charge in [-0.1, -0.05) is 18.2 Å². The highest BCUT2D eigenvalue weighted by Crippen LogP contribution is 2.30. The molecule has 86 valence electrons. The summed E-state index contributed by atoms with van der Waals surface area (Å²) in [7, 11) is 0. The number of carbonyl (C=O) groups excluding carboxylic acids is 1. The molecule has 1 aromatic rings. The Hall–Kier alpha value is -1.55. The molecule has 0 aliphatic carbocycles. The summed E-state index contributed by atoms with van der Waals surface area (Å²) in [6, 6.07) is 7.62. The lowest BCUT2D eigenvalue weighted by molar-refractivity contribution is -0.148. The van der Waals surface area contributed by atoms with E-state index < -0.39 is 12.2 Å². The van der Waals surface area contributed by atoms with E-state index in [2.05, 4.69) is 0 Å². The zero-order chi connectivity index (χ0) is 11.5. The third-order valence-corrected chi connectivity index (χ3v) is 2.68. The summed E-state index contributed by atoms with van der Waals surface area (Å²) in [5.41, 5.74) is 6.35. The number of hydrogen-bond donors (Lipinski definition) is 1. The zero-order valence-electron chi connectivity index (χ0n) is 9.18. The maximum atomic E-state index is 11.3. The van der Waals surface area contributed by atoms with Crippen LogP contribution in [0.4, 0.5) is 0 Å². The van der Waals surface area contributed by atoms with Gasteiger partial charge < -0.3 is 15.2 Å². The Bertz CT molecular complexity index is 392. The van der Waals surface area contributed by atoms with Gasteiger partial charge in [-0.3, -0.25) is 4.79 Å². The highest BCUT2D eigenvalue weighted by molar-refractivity contribution is 5.78. The molecule has 0 spiro atoms. The lowest BCUT2D eigenvalue weighted by Gasteiger charge is -2.31. The molecule has 0 aromatic heterocycles. The molecule has 2 N–H and O–H groups in total. The second-order valence-electron chi connectivity index (χ2n) is 3.76. The molecule has 0 fully saturated rings. The highest BCUT2D eigenvalue weighted by atomic mass is 16.7. The van der Waals surface area contributed by atoms with Gasteiger partial charge >= 0.3 is 0 Å². The van der Waals surface area contributed by atoms with E-state index in [0.29, 0.717) is 13.0 Å². The molecule has 1 amide bonds. The molecule has 0 radical (unpaired) electrons. The van der Waals surface area contributed by atoms with Gasteiger partial charge in [-0.25, -0.2) is 0 Å². The van der Waals surface area contributed by atoms with E-state index in [1.54, 1.807) is 0 Å². The van der Waals surface area contributed by atoms with Crippen LogP contribution in [-0.4, -0.2) is 18.8 Å². The van der Waals surface area contributed by atoms with Crippen LogP contribution in [0.1, 0.15) is 12.5 Å².